The summed E-state index contributed by atoms with van der Waals surface area (Å²) in [4.78, 5) is 12.3. The maximum absolute atomic E-state index is 12.3. The van der Waals surface area contributed by atoms with Crippen LogP contribution in [0.1, 0.15) is 24.4 Å². The number of aromatic nitrogens is 3. The first-order chi connectivity index (χ1) is 15.1. The number of amides is 1. The number of benzene rings is 2. The Morgan fingerprint density at radius 2 is 1.97 bits per heavy atom. The Balaban J connectivity index is 1.62. The van der Waals surface area contributed by atoms with Crippen LogP contribution in [0.4, 0.5) is 0 Å². The summed E-state index contributed by atoms with van der Waals surface area (Å²) in [5, 5.41) is 12.1. The van der Waals surface area contributed by atoms with E-state index in [4.69, 9.17) is 9.47 Å². The Morgan fingerprint density at radius 3 is 2.71 bits per heavy atom. The molecule has 0 aliphatic carbocycles. The lowest BCUT2D eigenvalue weighted by Gasteiger charge is -2.16. The van der Waals surface area contributed by atoms with Gasteiger partial charge < -0.3 is 14.8 Å². The number of thioether (sulfide) groups is 1. The van der Waals surface area contributed by atoms with Crippen molar-refractivity contribution < 1.29 is 14.3 Å². The molecule has 0 saturated carbocycles. The van der Waals surface area contributed by atoms with Gasteiger partial charge in [-0.2, -0.15) is 0 Å². The molecule has 0 saturated heterocycles. The van der Waals surface area contributed by atoms with Crippen molar-refractivity contribution in [2.24, 2.45) is 0 Å². The Labute approximate surface area is 186 Å². The van der Waals surface area contributed by atoms with Crippen molar-refractivity contribution in [3.05, 3.63) is 78.6 Å². The number of allylic oxidation sites excluding steroid dienone is 1. The van der Waals surface area contributed by atoms with Crippen LogP contribution in [-0.2, 0) is 17.9 Å². The van der Waals surface area contributed by atoms with Crippen molar-refractivity contribution in [3.63, 3.8) is 0 Å². The SMILES string of the molecule is C=CCn1c(SCC(=O)NCc2ccccc2)nnc1C(C)Oc1cccc(OC)c1. The highest BCUT2D eigenvalue weighted by Crippen LogP contribution is 2.26. The molecule has 1 aromatic heterocycles. The molecule has 1 amide bonds. The maximum Gasteiger partial charge on any atom is 0.230 e. The van der Waals surface area contributed by atoms with Crippen LogP contribution in [0, 0.1) is 0 Å². The average molecular weight is 439 g/mol. The molecule has 0 bridgehead atoms. The number of hydrogen-bond acceptors (Lipinski definition) is 6. The normalized spacial score (nSPS) is 11.5. The second-order valence-corrected chi connectivity index (χ2v) is 7.67. The van der Waals surface area contributed by atoms with Crippen LogP contribution in [0.2, 0.25) is 0 Å². The third-order valence-electron chi connectivity index (χ3n) is 4.44. The number of nitrogens with one attached hydrogen (secondary N) is 1. The Hall–Kier alpha value is -3.26. The molecule has 1 heterocycles. The van der Waals surface area contributed by atoms with Crippen LogP contribution in [-0.4, -0.2) is 33.5 Å². The fraction of sp³-hybridized carbons (Fsp3) is 0.261. The summed E-state index contributed by atoms with van der Waals surface area (Å²) in [5.74, 6) is 2.23. The summed E-state index contributed by atoms with van der Waals surface area (Å²) in [5.41, 5.74) is 1.06. The van der Waals surface area contributed by atoms with Gasteiger partial charge in [-0.1, -0.05) is 54.2 Å². The molecular weight excluding hydrogens is 412 g/mol. The molecule has 0 aliphatic heterocycles. The molecule has 8 heteroatoms. The van der Waals surface area contributed by atoms with E-state index in [0.717, 1.165) is 11.3 Å². The number of ether oxygens (including phenoxy) is 2. The number of nitrogens with zero attached hydrogens (tertiary/aromatic N) is 3. The first-order valence-corrected chi connectivity index (χ1v) is 10.9. The monoisotopic (exact) mass is 438 g/mol. The van der Waals surface area contributed by atoms with Gasteiger partial charge in [0.25, 0.3) is 0 Å². The van der Waals surface area contributed by atoms with Gasteiger partial charge in [0.15, 0.2) is 17.1 Å². The molecule has 0 spiro atoms. The fourth-order valence-electron chi connectivity index (χ4n) is 2.92. The average Bonchev–Trinajstić information content (AvgIpc) is 3.20. The molecule has 3 aromatic rings. The predicted octanol–water partition coefficient (Wildman–Crippen LogP) is 4.02. The fourth-order valence-corrected chi connectivity index (χ4v) is 3.70. The van der Waals surface area contributed by atoms with Crippen LogP contribution in [0.15, 0.2) is 72.4 Å². The number of hydrogen-bond donors (Lipinski definition) is 1. The highest BCUT2D eigenvalue weighted by Gasteiger charge is 2.20. The minimum Gasteiger partial charge on any atom is -0.497 e. The lowest BCUT2D eigenvalue weighted by Crippen LogP contribution is -2.24. The summed E-state index contributed by atoms with van der Waals surface area (Å²) in [6, 6.07) is 17.2. The minimum atomic E-state index is -0.346. The summed E-state index contributed by atoms with van der Waals surface area (Å²) in [7, 11) is 1.61. The van der Waals surface area contributed by atoms with Crippen LogP contribution in [0.3, 0.4) is 0 Å². The lowest BCUT2D eigenvalue weighted by molar-refractivity contribution is -0.118. The van der Waals surface area contributed by atoms with E-state index >= 15 is 0 Å². The third-order valence-corrected chi connectivity index (χ3v) is 5.41. The summed E-state index contributed by atoms with van der Waals surface area (Å²) >= 11 is 1.33. The number of carbonyl (C=O) groups excluding carboxylic acids is 1. The zero-order valence-corrected chi connectivity index (χ0v) is 18.5. The molecule has 1 N–H and O–H groups in total. The van der Waals surface area contributed by atoms with E-state index in [9.17, 15) is 4.79 Å². The van der Waals surface area contributed by atoms with Gasteiger partial charge in [0.2, 0.25) is 5.91 Å². The minimum absolute atomic E-state index is 0.0655. The number of carbonyl (C=O) groups is 1. The highest BCUT2D eigenvalue weighted by atomic mass is 32.2. The Bertz CT molecular complexity index is 1010. The molecule has 1 unspecified atom stereocenters. The quantitative estimate of drug-likeness (QED) is 0.360. The van der Waals surface area contributed by atoms with Crippen molar-refractivity contribution in [1.29, 1.82) is 0 Å². The molecule has 2 aromatic carbocycles. The summed E-state index contributed by atoms with van der Waals surface area (Å²) < 4.78 is 13.2. The number of rotatable bonds is 11. The second kappa shape index (κ2) is 11.2. The smallest absolute Gasteiger partial charge is 0.230 e. The molecule has 0 fully saturated rings. The third kappa shape index (κ3) is 6.36. The van der Waals surface area contributed by atoms with E-state index in [2.05, 4.69) is 22.1 Å². The van der Waals surface area contributed by atoms with Gasteiger partial charge in [-0.3, -0.25) is 9.36 Å². The molecule has 31 heavy (non-hydrogen) atoms. The molecule has 3 rings (SSSR count). The van der Waals surface area contributed by atoms with Gasteiger partial charge >= 0.3 is 0 Å². The van der Waals surface area contributed by atoms with Gasteiger partial charge in [0.05, 0.1) is 12.9 Å². The van der Waals surface area contributed by atoms with Crippen molar-refractivity contribution in [1.82, 2.24) is 20.1 Å². The van der Waals surface area contributed by atoms with Gasteiger partial charge in [-0.05, 0) is 24.6 Å². The zero-order chi connectivity index (χ0) is 22.1. The van der Waals surface area contributed by atoms with Crippen LogP contribution in [0.5, 0.6) is 11.5 Å². The van der Waals surface area contributed by atoms with E-state index < -0.39 is 0 Å². The van der Waals surface area contributed by atoms with E-state index in [1.807, 2.05) is 66.1 Å². The van der Waals surface area contributed by atoms with Gasteiger partial charge in [-0.15, -0.1) is 16.8 Å². The van der Waals surface area contributed by atoms with E-state index in [1.165, 1.54) is 11.8 Å². The largest absolute Gasteiger partial charge is 0.497 e. The van der Waals surface area contributed by atoms with Gasteiger partial charge in [0.1, 0.15) is 11.5 Å². The van der Waals surface area contributed by atoms with Crippen LogP contribution < -0.4 is 14.8 Å². The molecule has 0 aliphatic rings. The van der Waals surface area contributed by atoms with E-state index in [0.29, 0.717) is 29.8 Å². The zero-order valence-electron chi connectivity index (χ0n) is 17.7. The molecule has 1 atom stereocenters. The molecule has 162 valence electrons. The van der Waals surface area contributed by atoms with E-state index in [-0.39, 0.29) is 17.8 Å². The second-order valence-electron chi connectivity index (χ2n) is 6.73. The highest BCUT2D eigenvalue weighted by molar-refractivity contribution is 7.99. The van der Waals surface area contributed by atoms with Gasteiger partial charge in [-0.25, -0.2) is 0 Å². The molecule has 0 radical (unpaired) electrons. The van der Waals surface area contributed by atoms with Gasteiger partial charge in [0, 0.05) is 19.2 Å². The first-order valence-electron chi connectivity index (χ1n) is 9.89. The standard InChI is InChI=1S/C23H26N4O3S/c1-4-13-27-22(17(2)30-20-12-8-11-19(14-20)29-3)25-26-23(27)31-16-21(28)24-15-18-9-6-5-7-10-18/h4-12,14,17H,1,13,15-16H2,2-3H3,(H,24,28). The van der Waals surface area contributed by atoms with Crippen LogP contribution in [0.25, 0.3) is 0 Å². The van der Waals surface area contributed by atoms with Crippen molar-refractivity contribution in [2.75, 3.05) is 12.9 Å². The topological polar surface area (TPSA) is 78.3 Å². The number of methoxy groups -OCH3 is 1. The van der Waals surface area contributed by atoms with Crippen molar-refractivity contribution >= 4 is 17.7 Å². The van der Waals surface area contributed by atoms with Crippen LogP contribution >= 0.6 is 11.8 Å². The summed E-state index contributed by atoms with van der Waals surface area (Å²) in [6.07, 6.45) is 1.42. The Morgan fingerprint density at radius 1 is 1.19 bits per heavy atom. The Kier molecular flexibility index (Phi) is 8.12. The molecular formula is C23H26N4O3S. The predicted molar refractivity (Wildman–Crippen MR) is 121 cm³/mol. The van der Waals surface area contributed by atoms with Crippen molar-refractivity contribution in [2.45, 2.75) is 31.3 Å². The van der Waals surface area contributed by atoms with E-state index in [1.54, 1.807) is 13.2 Å². The summed E-state index contributed by atoms with van der Waals surface area (Å²) in [6.45, 7) is 6.74. The van der Waals surface area contributed by atoms with Crippen molar-refractivity contribution in [3.8, 4) is 11.5 Å². The lowest BCUT2D eigenvalue weighted by atomic mass is 10.2. The maximum atomic E-state index is 12.3. The first kappa shape index (κ1) is 22.4. The molecule has 7 nitrogen and oxygen atoms in total.